The van der Waals surface area contributed by atoms with E-state index < -0.39 is 11.2 Å². The second kappa shape index (κ2) is 10.4. The fraction of sp³-hybridized carbons (Fsp3) is 0.520. The number of hydrogen-bond donors (Lipinski definition) is 2. The number of fused-ring (bicyclic) bond motifs is 1. The third-order valence-corrected chi connectivity index (χ3v) is 6.43. The third kappa shape index (κ3) is 5.11. The number of nitrogens with two attached hydrogens (primary N) is 1. The molecule has 1 amide bonds. The van der Waals surface area contributed by atoms with Gasteiger partial charge in [-0.3, -0.25) is 19.1 Å². The molecule has 35 heavy (non-hydrogen) atoms. The van der Waals surface area contributed by atoms with Crippen molar-refractivity contribution in [1.29, 1.82) is 0 Å². The molecule has 10 heteroatoms. The smallest absolute Gasteiger partial charge is 0.330 e. The molecule has 1 fully saturated rings. The first kappa shape index (κ1) is 24.6. The Morgan fingerprint density at radius 3 is 2.63 bits per heavy atom. The summed E-state index contributed by atoms with van der Waals surface area (Å²) in [6, 6.07) is 8.17. The van der Waals surface area contributed by atoms with Crippen LogP contribution >= 0.6 is 0 Å². The third-order valence-electron chi connectivity index (χ3n) is 6.43. The van der Waals surface area contributed by atoms with Gasteiger partial charge in [0.2, 0.25) is 5.91 Å². The van der Waals surface area contributed by atoms with E-state index >= 15 is 0 Å². The highest BCUT2D eigenvalue weighted by Crippen LogP contribution is 2.29. The van der Waals surface area contributed by atoms with E-state index in [1.165, 1.54) is 9.47 Å². The Labute approximate surface area is 203 Å². The molecule has 0 spiro atoms. The minimum Gasteiger partial charge on any atom is -0.423 e. The van der Waals surface area contributed by atoms with Gasteiger partial charge in [-0.15, -0.1) is 0 Å². The van der Waals surface area contributed by atoms with Gasteiger partial charge >= 0.3 is 5.69 Å². The van der Waals surface area contributed by atoms with Crippen LogP contribution in [0.2, 0.25) is 0 Å². The van der Waals surface area contributed by atoms with Crippen LogP contribution < -0.4 is 26.8 Å². The number of carbonyl (C=O) groups is 1. The number of nitrogen functional groups attached to an aromatic ring is 1. The van der Waals surface area contributed by atoms with E-state index in [1.807, 2.05) is 49.9 Å². The van der Waals surface area contributed by atoms with Crippen LogP contribution in [0.3, 0.4) is 0 Å². The molecule has 3 heterocycles. The number of oxazole rings is 1. The van der Waals surface area contributed by atoms with Crippen molar-refractivity contribution in [2.75, 3.05) is 35.2 Å². The van der Waals surface area contributed by atoms with Crippen molar-refractivity contribution in [3.8, 4) is 0 Å². The minimum atomic E-state index is -0.624. The number of unbranched alkanes of at least 4 members (excludes halogenated alkanes) is 1. The van der Waals surface area contributed by atoms with Crippen molar-refractivity contribution in [2.45, 2.75) is 53.0 Å². The molecule has 4 rings (SSSR count). The zero-order valence-corrected chi connectivity index (χ0v) is 20.6. The maximum absolute atomic E-state index is 13.7. The summed E-state index contributed by atoms with van der Waals surface area (Å²) in [6.07, 6.45) is 2.77. The Morgan fingerprint density at radius 2 is 1.97 bits per heavy atom. The largest absolute Gasteiger partial charge is 0.423 e. The summed E-state index contributed by atoms with van der Waals surface area (Å²) in [6.45, 7) is 7.89. The van der Waals surface area contributed by atoms with Crippen LogP contribution in [0.15, 0.2) is 38.3 Å². The van der Waals surface area contributed by atoms with Crippen molar-refractivity contribution in [1.82, 2.24) is 14.5 Å². The van der Waals surface area contributed by atoms with Crippen LogP contribution in [-0.4, -0.2) is 40.1 Å². The van der Waals surface area contributed by atoms with Crippen LogP contribution in [0.5, 0.6) is 0 Å². The number of benzene rings is 1. The van der Waals surface area contributed by atoms with Crippen LogP contribution in [-0.2, 0) is 11.3 Å². The summed E-state index contributed by atoms with van der Waals surface area (Å²) in [5.74, 6) is -0.218. The van der Waals surface area contributed by atoms with Crippen LogP contribution in [0.1, 0.15) is 46.5 Å². The first-order valence-corrected chi connectivity index (χ1v) is 12.3. The Balaban J connectivity index is 1.56. The van der Waals surface area contributed by atoms with E-state index in [-0.39, 0.29) is 29.2 Å². The zero-order valence-electron chi connectivity index (χ0n) is 20.6. The fourth-order valence-electron chi connectivity index (χ4n) is 4.57. The van der Waals surface area contributed by atoms with E-state index in [0.717, 1.165) is 23.9 Å². The molecule has 0 unspecified atom stereocenters. The standard InChI is InChI=1S/C25H34N6O4/c1-4-5-12-30(20-21(26)31(15-16(2)3)24(34)28-22(20)32)23(33)17-10-13-29(14-11-17)25-27-18-8-6-7-9-19(18)35-25/h6-9,16-17H,4-5,10-15,26H2,1-3H3,(H,28,32,34). The van der Waals surface area contributed by atoms with Crippen molar-refractivity contribution >= 4 is 34.5 Å². The van der Waals surface area contributed by atoms with E-state index in [0.29, 0.717) is 45.0 Å². The summed E-state index contributed by atoms with van der Waals surface area (Å²) >= 11 is 0. The summed E-state index contributed by atoms with van der Waals surface area (Å²) in [5, 5.41) is 0. The van der Waals surface area contributed by atoms with Gasteiger partial charge in [-0.1, -0.05) is 39.3 Å². The van der Waals surface area contributed by atoms with E-state index in [1.54, 1.807) is 0 Å². The van der Waals surface area contributed by atoms with Gasteiger partial charge in [0.15, 0.2) is 11.3 Å². The Morgan fingerprint density at radius 1 is 1.26 bits per heavy atom. The van der Waals surface area contributed by atoms with E-state index in [2.05, 4.69) is 9.97 Å². The molecule has 188 valence electrons. The molecule has 2 aromatic heterocycles. The second-order valence-electron chi connectivity index (χ2n) is 9.57. The number of H-pyrrole nitrogens is 1. The second-order valence-corrected chi connectivity index (χ2v) is 9.57. The van der Waals surface area contributed by atoms with Crippen molar-refractivity contribution in [3.05, 3.63) is 45.1 Å². The topological polar surface area (TPSA) is 130 Å². The van der Waals surface area contributed by atoms with E-state index in [4.69, 9.17) is 10.2 Å². The van der Waals surface area contributed by atoms with Gasteiger partial charge in [-0.25, -0.2) is 4.79 Å². The number of rotatable bonds is 8. The predicted octanol–water partition coefficient (Wildman–Crippen LogP) is 2.97. The number of amides is 1. The van der Waals surface area contributed by atoms with Crippen molar-refractivity contribution in [2.24, 2.45) is 11.8 Å². The van der Waals surface area contributed by atoms with Crippen molar-refractivity contribution in [3.63, 3.8) is 0 Å². The number of anilines is 3. The first-order valence-electron chi connectivity index (χ1n) is 12.3. The summed E-state index contributed by atoms with van der Waals surface area (Å²) in [4.78, 5) is 49.4. The van der Waals surface area contributed by atoms with Crippen LogP contribution in [0.4, 0.5) is 17.5 Å². The lowest BCUT2D eigenvalue weighted by Gasteiger charge is -2.33. The lowest BCUT2D eigenvalue weighted by atomic mass is 9.95. The number of nitrogens with zero attached hydrogens (tertiary/aromatic N) is 4. The highest BCUT2D eigenvalue weighted by atomic mass is 16.4. The average molecular weight is 483 g/mol. The number of aromatic amines is 1. The summed E-state index contributed by atoms with van der Waals surface area (Å²) < 4.78 is 7.24. The summed E-state index contributed by atoms with van der Waals surface area (Å²) in [5.41, 5.74) is 6.76. The Hall–Kier alpha value is -3.56. The molecule has 0 saturated carbocycles. The van der Waals surface area contributed by atoms with Gasteiger partial charge in [-0.2, -0.15) is 4.98 Å². The van der Waals surface area contributed by atoms with Gasteiger partial charge in [0.25, 0.3) is 11.6 Å². The number of carbonyl (C=O) groups excluding carboxylic acids is 1. The average Bonchev–Trinajstić information content (AvgIpc) is 3.27. The molecule has 3 aromatic rings. The quantitative estimate of drug-likeness (QED) is 0.505. The molecule has 1 aromatic carbocycles. The number of nitrogens with one attached hydrogen (secondary N) is 1. The van der Waals surface area contributed by atoms with Gasteiger partial charge in [0.05, 0.1) is 0 Å². The molecular formula is C25H34N6O4. The monoisotopic (exact) mass is 482 g/mol. The maximum Gasteiger partial charge on any atom is 0.330 e. The molecule has 0 radical (unpaired) electrons. The molecule has 3 N–H and O–H groups in total. The highest BCUT2D eigenvalue weighted by Gasteiger charge is 2.33. The van der Waals surface area contributed by atoms with Crippen LogP contribution in [0.25, 0.3) is 11.1 Å². The molecule has 1 aliphatic rings. The number of aromatic nitrogens is 3. The normalized spacial score (nSPS) is 14.7. The highest BCUT2D eigenvalue weighted by molar-refractivity contribution is 5.97. The van der Waals surface area contributed by atoms with Gasteiger partial charge in [0.1, 0.15) is 11.3 Å². The zero-order chi connectivity index (χ0) is 25.1. The lowest BCUT2D eigenvalue weighted by Crippen LogP contribution is -2.46. The SMILES string of the molecule is CCCCN(C(=O)C1CCN(c2nc3ccccc3o2)CC1)c1c(N)n(CC(C)C)c(=O)[nH]c1=O. The first-order chi connectivity index (χ1) is 16.8. The van der Waals surface area contributed by atoms with E-state index in [9.17, 15) is 14.4 Å². The van der Waals surface area contributed by atoms with Crippen LogP contribution in [0, 0.1) is 11.8 Å². The maximum atomic E-state index is 13.7. The Bertz CT molecular complexity index is 1270. The number of hydrogen-bond acceptors (Lipinski definition) is 7. The number of para-hydroxylation sites is 2. The molecule has 1 saturated heterocycles. The minimum absolute atomic E-state index is 0.0424. The summed E-state index contributed by atoms with van der Waals surface area (Å²) in [7, 11) is 0. The fourth-order valence-corrected chi connectivity index (χ4v) is 4.57. The molecule has 0 atom stereocenters. The molecular weight excluding hydrogens is 448 g/mol. The van der Waals surface area contributed by atoms with Crippen molar-refractivity contribution < 1.29 is 9.21 Å². The Kier molecular flexibility index (Phi) is 7.28. The molecule has 0 bridgehead atoms. The van der Waals surface area contributed by atoms with Gasteiger partial charge < -0.3 is 20.0 Å². The lowest BCUT2D eigenvalue weighted by molar-refractivity contribution is -0.123. The molecule has 1 aliphatic heterocycles. The molecule has 0 aliphatic carbocycles. The number of piperidine rings is 1. The predicted molar refractivity (Wildman–Crippen MR) is 137 cm³/mol. The van der Waals surface area contributed by atoms with Gasteiger partial charge in [-0.05, 0) is 37.3 Å². The molecule has 10 nitrogen and oxygen atoms in total. The van der Waals surface area contributed by atoms with Gasteiger partial charge in [0, 0.05) is 32.1 Å².